The third-order valence-electron chi connectivity index (χ3n) is 3.83. The maximum atomic E-state index is 12.8. The Morgan fingerprint density at radius 1 is 1.07 bits per heavy atom. The molecule has 2 N–H and O–H groups in total. The number of hydrazone groups is 1. The maximum absolute atomic E-state index is 12.8. The summed E-state index contributed by atoms with van der Waals surface area (Å²) < 4.78 is 43.9. The third kappa shape index (κ3) is 4.66. The standard InChI is InChI=1S/C20H15F3N2O3/c21-20(22,23)15-8-4-7-14(11-15)17-10-9-16(28-17)12-24-25-19(27)18(26)13-5-2-1-3-6-13/h1-12,18,26H,(H,25,27)/b24-12+. The fourth-order valence-electron chi connectivity index (χ4n) is 2.43. The number of alkyl halides is 3. The molecule has 1 unspecified atom stereocenters. The minimum atomic E-state index is -4.45. The van der Waals surface area contributed by atoms with Crippen LogP contribution in [0.5, 0.6) is 0 Å². The summed E-state index contributed by atoms with van der Waals surface area (Å²) in [6, 6.07) is 16.1. The molecule has 0 radical (unpaired) electrons. The van der Waals surface area contributed by atoms with Crippen LogP contribution in [0.2, 0.25) is 0 Å². The van der Waals surface area contributed by atoms with E-state index in [0.29, 0.717) is 5.56 Å². The molecule has 1 heterocycles. The van der Waals surface area contributed by atoms with Gasteiger partial charge < -0.3 is 9.52 Å². The van der Waals surface area contributed by atoms with E-state index in [1.165, 1.54) is 30.5 Å². The van der Waals surface area contributed by atoms with Crippen LogP contribution in [0.4, 0.5) is 13.2 Å². The number of carbonyl (C=O) groups is 1. The maximum Gasteiger partial charge on any atom is 0.416 e. The molecule has 0 fully saturated rings. The van der Waals surface area contributed by atoms with Crippen LogP contribution >= 0.6 is 0 Å². The van der Waals surface area contributed by atoms with Crippen molar-refractivity contribution in [1.29, 1.82) is 0 Å². The summed E-state index contributed by atoms with van der Waals surface area (Å²) in [6.45, 7) is 0. The first-order valence-corrected chi connectivity index (χ1v) is 8.18. The number of rotatable bonds is 5. The van der Waals surface area contributed by atoms with Crippen LogP contribution in [0.25, 0.3) is 11.3 Å². The van der Waals surface area contributed by atoms with Gasteiger partial charge in [0.25, 0.3) is 5.91 Å². The molecular formula is C20H15F3N2O3. The second-order valence-corrected chi connectivity index (χ2v) is 5.83. The molecular weight excluding hydrogens is 373 g/mol. The Labute approximate surface area is 158 Å². The molecule has 3 rings (SSSR count). The van der Waals surface area contributed by atoms with E-state index < -0.39 is 23.8 Å². The quantitative estimate of drug-likeness (QED) is 0.509. The van der Waals surface area contributed by atoms with E-state index >= 15 is 0 Å². The third-order valence-corrected chi connectivity index (χ3v) is 3.83. The van der Waals surface area contributed by atoms with E-state index in [9.17, 15) is 23.1 Å². The molecule has 5 nitrogen and oxygen atoms in total. The summed E-state index contributed by atoms with van der Waals surface area (Å²) in [6.07, 6.45) is -4.64. The number of hydrogen-bond donors (Lipinski definition) is 2. The average Bonchev–Trinajstić information content (AvgIpc) is 3.16. The zero-order valence-electron chi connectivity index (χ0n) is 14.4. The SMILES string of the molecule is O=C(N/N=C/c1ccc(-c2cccc(C(F)(F)F)c2)o1)C(O)c1ccccc1. The van der Waals surface area contributed by atoms with Crippen molar-refractivity contribution in [2.75, 3.05) is 0 Å². The summed E-state index contributed by atoms with van der Waals surface area (Å²) in [5, 5.41) is 13.6. The van der Waals surface area contributed by atoms with Crippen molar-refractivity contribution in [1.82, 2.24) is 5.43 Å². The highest BCUT2D eigenvalue weighted by Crippen LogP contribution is 2.32. The number of nitrogens with zero attached hydrogens (tertiary/aromatic N) is 1. The van der Waals surface area contributed by atoms with Crippen molar-refractivity contribution in [3.8, 4) is 11.3 Å². The van der Waals surface area contributed by atoms with Crippen molar-refractivity contribution in [2.45, 2.75) is 12.3 Å². The number of furan rings is 1. The molecule has 0 bridgehead atoms. The Hall–Kier alpha value is -3.39. The van der Waals surface area contributed by atoms with E-state index in [0.717, 1.165) is 12.1 Å². The van der Waals surface area contributed by atoms with Crippen molar-refractivity contribution in [2.24, 2.45) is 5.10 Å². The van der Waals surface area contributed by atoms with Crippen molar-refractivity contribution in [3.63, 3.8) is 0 Å². The zero-order chi connectivity index (χ0) is 20.1. The predicted octanol–water partition coefficient (Wildman–Crippen LogP) is 4.15. The second kappa shape index (κ2) is 8.10. The predicted molar refractivity (Wildman–Crippen MR) is 96.3 cm³/mol. The number of benzene rings is 2. The number of hydrogen-bond acceptors (Lipinski definition) is 4. The number of nitrogens with one attached hydrogen (secondary N) is 1. The van der Waals surface area contributed by atoms with Crippen molar-refractivity contribution < 1.29 is 27.5 Å². The first-order valence-electron chi connectivity index (χ1n) is 8.18. The first kappa shape index (κ1) is 19.4. The van der Waals surface area contributed by atoms with E-state index in [1.807, 2.05) is 0 Å². The van der Waals surface area contributed by atoms with Gasteiger partial charge in [-0.15, -0.1) is 0 Å². The van der Waals surface area contributed by atoms with Gasteiger partial charge in [-0.05, 0) is 29.8 Å². The number of aliphatic hydroxyl groups is 1. The minimum Gasteiger partial charge on any atom is -0.455 e. The topological polar surface area (TPSA) is 74.8 Å². The molecule has 0 spiro atoms. The molecule has 0 aliphatic rings. The monoisotopic (exact) mass is 388 g/mol. The van der Waals surface area contributed by atoms with Crippen LogP contribution in [-0.4, -0.2) is 17.2 Å². The van der Waals surface area contributed by atoms with Gasteiger partial charge in [0.1, 0.15) is 11.5 Å². The van der Waals surface area contributed by atoms with Gasteiger partial charge >= 0.3 is 6.18 Å². The van der Waals surface area contributed by atoms with Crippen LogP contribution in [-0.2, 0) is 11.0 Å². The lowest BCUT2D eigenvalue weighted by Crippen LogP contribution is -2.25. The van der Waals surface area contributed by atoms with E-state index in [-0.39, 0.29) is 17.1 Å². The normalized spacial score (nSPS) is 12.9. The molecule has 1 amide bonds. The molecule has 28 heavy (non-hydrogen) atoms. The highest BCUT2D eigenvalue weighted by molar-refractivity contribution is 5.84. The van der Waals surface area contributed by atoms with Gasteiger partial charge in [0.05, 0.1) is 11.8 Å². The van der Waals surface area contributed by atoms with Crippen LogP contribution < -0.4 is 5.43 Å². The highest BCUT2D eigenvalue weighted by Gasteiger charge is 2.30. The van der Waals surface area contributed by atoms with Crippen molar-refractivity contribution >= 4 is 12.1 Å². The number of amides is 1. The van der Waals surface area contributed by atoms with Crippen LogP contribution in [0.1, 0.15) is 23.0 Å². The smallest absolute Gasteiger partial charge is 0.416 e. The van der Waals surface area contributed by atoms with E-state index in [2.05, 4.69) is 10.5 Å². The first-order chi connectivity index (χ1) is 13.3. The fraction of sp³-hybridized carbons (Fsp3) is 0.100. The number of aliphatic hydroxyl groups excluding tert-OH is 1. The molecule has 0 aliphatic carbocycles. The average molecular weight is 388 g/mol. The van der Waals surface area contributed by atoms with Gasteiger partial charge in [-0.1, -0.05) is 42.5 Å². The van der Waals surface area contributed by atoms with Gasteiger partial charge in [-0.25, -0.2) is 5.43 Å². The molecule has 0 saturated carbocycles. The molecule has 144 valence electrons. The lowest BCUT2D eigenvalue weighted by Gasteiger charge is -2.08. The van der Waals surface area contributed by atoms with E-state index in [1.54, 1.807) is 30.3 Å². The second-order valence-electron chi connectivity index (χ2n) is 5.83. The fourth-order valence-corrected chi connectivity index (χ4v) is 2.43. The van der Waals surface area contributed by atoms with Crippen LogP contribution in [0.3, 0.4) is 0 Å². The summed E-state index contributed by atoms with van der Waals surface area (Å²) in [7, 11) is 0. The number of halogens is 3. The van der Waals surface area contributed by atoms with Gasteiger partial charge in [-0.3, -0.25) is 4.79 Å². The van der Waals surface area contributed by atoms with Gasteiger partial charge in [0, 0.05) is 5.56 Å². The largest absolute Gasteiger partial charge is 0.455 e. The van der Waals surface area contributed by atoms with Gasteiger partial charge in [0.2, 0.25) is 0 Å². The Kier molecular flexibility index (Phi) is 5.60. The molecule has 2 aromatic carbocycles. The Bertz CT molecular complexity index is 982. The minimum absolute atomic E-state index is 0.224. The van der Waals surface area contributed by atoms with Crippen LogP contribution in [0, 0.1) is 0 Å². The molecule has 1 aromatic heterocycles. The number of carbonyl (C=O) groups excluding carboxylic acids is 1. The summed E-state index contributed by atoms with van der Waals surface area (Å²) in [5.41, 5.74) is 2.08. The van der Waals surface area contributed by atoms with Crippen LogP contribution in [0.15, 0.2) is 76.2 Å². The zero-order valence-corrected chi connectivity index (χ0v) is 14.4. The van der Waals surface area contributed by atoms with Crippen molar-refractivity contribution in [3.05, 3.63) is 83.6 Å². The van der Waals surface area contributed by atoms with E-state index in [4.69, 9.17) is 4.42 Å². The highest BCUT2D eigenvalue weighted by atomic mass is 19.4. The summed E-state index contributed by atoms with van der Waals surface area (Å²) in [5.74, 6) is -0.280. The molecule has 0 aliphatic heterocycles. The molecule has 3 aromatic rings. The lowest BCUT2D eigenvalue weighted by molar-refractivity contribution is -0.137. The van der Waals surface area contributed by atoms with Gasteiger partial charge in [-0.2, -0.15) is 18.3 Å². The Morgan fingerprint density at radius 3 is 2.54 bits per heavy atom. The lowest BCUT2D eigenvalue weighted by atomic mass is 10.1. The molecule has 1 atom stereocenters. The summed E-state index contributed by atoms with van der Waals surface area (Å²) >= 11 is 0. The van der Waals surface area contributed by atoms with Gasteiger partial charge in [0.15, 0.2) is 6.10 Å². The Morgan fingerprint density at radius 2 is 1.82 bits per heavy atom. The Balaban J connectivity index is 1.66. The molecule has 8 heteroatoms. The summed E-state index contributed by atoms with van der Waals surface area (Å²) in [4.78, 5) is 11.9. The molecule has 0 saturated heterocycles.